The highest BCUT2D eigenvalue weighted by Gasteiger charge is 2.39. The number of amides is 1. The zero-order valence-electron chi connectivity index (χ0n) is 16.4. The first-order valence-corrected chi connectivity index (χ1v) is 12.6. The van der Waals surface area contributed by atoms with E-state index in [-0.39, 0.29) is 11.4 Å². The van der Waals surface area contributed by atoms with Gasteiger partial charge in [0.2, 0.25) is 10.0 Å². The molecule has 1 aromatic heterocycles. The lowest BCUT2D eigenvalue weighted by Gasteiger charge is -2.21. The van der Waals surface area contributed by atoms with E-state index in [1.807, 2.05) is 16.7 Å². The van der Waals surface area contributed by atoms with Gasteiger partial charge in [0, 0.05) is 23.1 Å². The van der Waals surface area contributed by atoms with E-state index in [2.05, 4.69) is 11.6 Å². The van der Waals surface area contributed by atoms with Gasteiger partial charge in [0.15, 0.2) is 4.80 Å². The maximum atomic E-state index is 13.1. The molecule has 0 radical (unpaired) electrons. The van der Waals surface area contributed by atoms with Gasteiger partial charge in [-0.05, 0) is 55.3 Å². The number of carbonyl (C=O) groups excluding carboxylic acids is 1. The van der Waals surface area contributed by atoms with Crippen molar-refractivity contribution in [1.82, 2.24) is 8.87 Å². The molecule has 31 heavy (non-hydrogen) atoms. The Kier molecular flexibility index (Phi) is 6.37. The molecule has 0 N–H and O–H groups in total. The zero-order valence-corrected chi connectivity index (χ0v) is 19.5. The van der Waals surface area contributed by atoms with Crippen LogP contribution in [-0.2, 0) is 21.4 Å². The van der Waals surface area contributed by atoms with Crippen molar-refractivity contribution in [3.8, 4) is 0 Å². The maximum Gasteiger partial charge on any atom is 0.266 e. The van der Waals surface area contributed by atoms with Gasteiger partial charge in [-0.15, -0.1) is 6.58 Å². The molecule has 0 aliphatic carbocycles. The highest BCUT2D eigenvalue weighted by Crippen LogP contribution is 2.28. The number of aromatic nitrogens is 1. The Balaban J connectivity index is 1.72. The summed E-state index contributed by atoms with van der Waals surface area (Å²) in [5.74, 6) is -0.481. The maximum absolute atomic E-state index is 13.1. The second kappa shape index (κ2) is 8.88. The molecule has 10 heteroatoms. The van der Waals surface area contributed by atoms with Crippen LogP contribution in [0, 0.1) is 0 Å². The lowest BCUT2D eigenvalue weighted by Crippen LogP contribution is -2.40. The number of benzene rings is 2. The van der Waals surface area contributed by atoms with E-state index in [0.717, 1.165) is 10.2 Å². The molecule has 1 unspecified atom stereocenters. The number of fused-ring (bicyclic) bond motifs is 1. The van der Waals surface area contributed by atoms with E-state index in [4.69, 9.17) is 23.2 Å². The van der Waals surface area contributed by atoms with Crippen molar-refractivity contribution in [3.63, 3.8) is 0 Å². The van der Waals surface area contributed by atoms with Crippen molar-refractivity contribution in [2.45, 2.75) is 30.3 Å². The standard InChI is InChI=1S/C21H19Cl2N3O3S2/c1-2-11-25-17-10-7-15(23)13-19(17)30-21(25)24-20(27)18-4-3-12-26(18)31(28,29)16-8-5-14(22)6-9-16/h2,5-10,13,18H,1,3-4,11-12H2. The van der Waals surface area contributed by atoms with E-state index in [9.17, 15) is 13.2 Å². The predicted octanol–water partition coefficient (Wildman–Crippen LogP) is 4.48. The molecular weight excluding hydrogens is 477 g/mol. The minimum atomic E-state index is -3.84. The summed E-state index contributed by atoms with van der Waals surface area (Å²) in [6, 6.07) is 10.6. The molecule has 0 spiro atoms. The van der Waals surface area contributed by atoms with Crippen LogP contribution in [0.2, 0.25) is 10.0 Å². The first kappa shape index (κ1) is 22.2. The van der Waals surface area contributed by atoms with Crippen LogP contribution in [0.15, 0.2) is 65.0 Å². The molecule has 0 saturated carbocycles. The quantitative estimate of drug-likeness (QED) is 0.490. The minimum absolute atomic E-state index is 0.106. The summed E-state index contributed by atoms with van der Waals surface area (Å²) >= 11 is 13.3. The van der Waals surface area contributed by atoms with Gasteiger partial charge in [-0.1, -0.05) is 40.6 Å². The van der Waals surface area contributed by atoms with Gasteiger partial charge in [0.05, 0.1) is 15.1 Å². The van der Waals surface area contributed by atoms with E-state index in [0.29, 0.717) is 34.2 Å². The van der Waals surface area contributed by atoms with Crippen LogP contribution in [0.4, 0.5) is 0 Å². The van der Waals surface area contributed by atoms with Crippen molar-refractivity contribution in [2.75, 3.05) is 6.54 Å². The van der Waals surface area contributed by atoms with E-state index >= 15 is 0 Å². The van der Waals surface area contributed by atoms with Gasteiger partial charge in [0.25, 0.3) is 5.91 Å². The van der Waals surface area contributed by atoms with Crippen LogP contribution in [0.3, 0.4) is 0 Å². The Morgan fingerprint density at radius 3 is 2.61 bits per heavy atom. The molecule has 0 bridgehead atoms. The highest BCUT2D eigenvalue weighted by molar-refractivity contribution is 7.89. The SMILES string of the molecule is C=CCn1c(=NC(=O)C2CCCN2S(=O)(=O)c2ccc(Cl)cc2)sc2cc(Cl)ccc21. The van der Waals surface area contributed by atoms with E-state index in [1.165, 1.54) is 39.9 Å². The fraction of sp³-hybridized carbons (Fsp3) is 0.238. The minimum Gasteiger partial charge on any atom is -0.313 e. The van der Waals surface area contributed by atoms with Crippen LogP contribution >= 0.6 is 34.5 Å². The van der Waals surface area contributed by atoms with E-state index in [1.54, 1.807) is 12.1 Å². The van der Waals surface area contributed by atoms with E-state index < -0.39 is 22.0 Å². The van der Waals surface area contributed by atoms with Crippen LogP contribution in [0.25, 0.3) is 10.2 Å². The van der Waals surface area contributed by atoms with Crippen molar-refractivity contribution >= 4 is 60.7 Å². The average molecular weight is 496 g/mol. The number of nitrogens with zero attached hydrogens (tertiary/aromatic N) is 3. The summed E-state index contributed by atoms with van der Waals surface area (Å²) < 4.78 is 30.2. The Hall–Kier alpha value is -1.97. The second-order valence-electron chi connectivity index (χ2n) is 7.07. The molecule has 1 aliphatic heterocycles. The van der Waals surface area contributed by atoms with Gasteiger partial charge in [-0.2, -0.15) is 9.30 Å². The largest absolute Gasteiger partial charge is 0.313 e. The first-order chi connectivity index (χ1) is 14.8. The van der Waals surface area contributed by atoms with Crippen LogP contribution < -0.4 is 4.80 Å². The number of halogens is 2. The number of carbonyl (C=O) groups is 1. The van der Waals surface area contributed by atoms with Gasteiger partial charge in [-0.3, -0.25) is 4.79 Å². The second-order valence-corrected chi connectivity index (χ2v) is 10.8. The average Bonchev–Trinajstić information content (AvgIpc) is 3.34. The number of sulfonamides is 1. The molecule has 1 aliphatic rings. The van der Waals surface area contributed by atoms with Gasteiger partial charge < -0.3 is 4.57 Å². The number of allylic oxidation sites excluding steroid dienone is 1. The number of hydrogen-bond donors (Lipinski definition) is 0. The first-order valence-electron chi connectivity index (χ1n) is 9.57. The summed E-state index contributed by atoms with van der Waals surface area (Å²) in [6.07, 6.45) is 2.73. The van der Waals surface area contributed by atoms with Crippen LogP contribution in [-0.4, -0.2) is 35.8 Å². The molecule has 1 fully saturated rings. The molecule has 1 atom stereocenters. The Labute approximate surface area is 194 Å². The molecule has 6 nitrogen and oxygen atoms in total. The van der Waals surface area contributed by atoms with Crippen LogP contribution in [0.1, 0.15) is 12.8 Å². The third-order valence-corrected chi connectivity index (χ3v) is 8.52. The summed E-state index contributed by atoms with van der Waals surface area (Å²) in [5.41, 5.74) is 0.887. The molecule has 2 aromatic carbocycles. The van der Waals surface area contributed by atoms with Crippen molar-refractivity contribution in [1.29, 1.82) is 0 Å². The molecule has 162 valence electrons. The Morgan fingerprint density at radius 1 is 1.19 bits per heavy atom. The smallest absolute Gasteiger partial charge is 0.266 e. The lowest BCUT2D eigenvalue weighted by atomic mass is 10.2. The van der Waals surface area contributed by atoms with Crippen molar-refractivity contribution in [3.05, 3.63) is 70.0 Å². The monoisotopic (exact) mass is 495 g/mol. The van der Waals surface area contributed by atoms with Crippen LogP contribution in [0.5, 0.6) is 0 Å². The van der Waals surface area contributed by atoms with Gasteiger partial charge in [-0.25, -0.2) is 8.42 Å². The Bertz CT molecular complexity index is 1330. The molecule has 3 aromatic rings. The number of hydrogen-bond acceptors (Lipinski definition) is 4. The number of rotatable bonds is 5. The van der Waals surface area contributed by atoms with Crippen molar-refractivity contribution in [2.24, 2.45) is 4.99 Å². The highest BCUT2D eigenvalue weighted by atomic mass is 35.5. The third kappa shape index (κ3) is 4.36. The molecule has 1 saturated heterocycles. The summed E-state index contributed by atoms with van der Waals surface area (Å²) in [5, 5.41) is 1.04. The summed E-state index contributed by atoms with van der Waals surface area (Å²) in [6.45, 7) is 4.51. The summed E-state index contributed by atoms with van der Waals surface area (Å²) in [4.78, 5) is 18.0. The van der Waals surface area contributed by atoms with Gasteiger partial charge >= 0.3 is 0 Å². The summed E-state index contributed by atoms with van der Waals surface area (Å²) in [7, 11) is -3.84. The Morgan fingerprint density at radius 2 is 1.90 bits per heavy atom. The number of thiazole rings is 1. The topological polar surface area (TPSA) is 71.7 Å². The third-order valence-electron chi connectivity index (χ3n) is 5.07. The van der Waals surface area contributed by atoms with Gasteiger partial charge in [0.1, 0.15) is 6.04 Å². The fourth-order valence-electron chi connectivity index (χ4n) is 3.62. The predicted molar refractivity (Wildman–Crippen MR) is 124 cm³/mol. The van der Waals surface area contributed by atoms with Crippen molar-refractivity contribution < 1.29 is 13.2 Å². The molecular formula is C21H19Cl2N3O3S2. The molecule has 4 rings (SSSR count). The fourth-order valence-corrected chi connectivity index (χ4v) is 6.72. The zero-order chi connectivity index (χ0) is 22.2. The lowest BCUT2D eigenvalue weighted by molar-refractivity contribution is -0.121. The molecule has 2 heterocycles. The normalized spacial score (nSPS) is 18.0. The molecule has 1 amide bonds.